The summed E-state index contributed by atoms with van der Waals surface area (Å²) in [5.41, 5.74) is 0.246. The fraction of sp³-hybridized carbons (Fsp3) is 0.526. The predicted octanol–water partition coefficient (Wildman–Crippen LogP) is 2.88. The lowest BCUT2D eigenvalue weighted by molar-refractivity contribution is -0.132. The number of rotatable bonds is 7. The van der Waals surface area contributed by atoms with Gasteiger partial charge >= 0.3 is 0 Å². The molecule has 0 saturated carbocycles. The number of halogens is 2. The first-order chi connectivity index (χ1) is 12.8. The maximum absolute atomic E-state index is 12.6. The number of carbonyl (C=O) groups is 3. The Bertz CT molecular complexity index is 703. The second-order valence-corrected chi connectivity index (χ2v) is 7.93. The Labute approximate surface area is 169 Å². The normalized spacial score (nSPS) is 14.9. The molecule has 1 aliphatic heterocycles. The van der Waals surface area contributed by atoms with E-state index < -0.39 is 11.9 Å². The van der Waals surface area contributed by atoms with Crippen molar-refractivity contribution in [3.8, 4) is 0 Å². The lowest BCUT2D eigenvalue weighted by Crippen LogP contribution is -2.49. The van der Waals surface area contributed by atoms with Crippen LogP contribution in [0.2, 0.25) is 10.0 Å². The summed E-state index contributed by atoms with van der Waals surface area (Å²) >= 11 is 11.9. The zero-order chi connectivity index (χ0) is 20.0. The lowest BCUT2D eigenvalue weighted by atomic mass is 10.0. The van der Waals surface area contributed by atoms with E-state index in [-0.39, 0.29) is 34.9 Å². The van der Waals surface area contributed by atoms with E-state index in [4.69, 9.17) is 23.2 Å². The molecule has 8 heteroatoms. The van der Waals surface area contributed by atoms with E-state index in [0.717, 1.165) is 25.9 Å². The molecule has 1 heterocycles. The molecule has 1 aromatic carbocycles. The molecule has 0 aliphatic carbocycles. The van der Waals surface area contributed by atoms with Gasteiger partial charge in [0.2, 0.25) is 11.8 Å². The molecule has 27 heavy (non-hydrogen) atoms. The van der Waals surface area contributed by atoms with Crippen LogP contribution in [-0.4, -0.2) is 48.3 Å². The van der Waals surface area contributed by atoms with Crippen molar-refractivity contribution in [2.45, 2.75) is 39.2 Å². The third-order valence-corrected chi connectivity index (χ3v) is 4.93. The standard InChI is InChI=1S/C19H25Cl2N3O3/c1-12(2)9-16(19(27)22-11-17(25)24-7-3-4-8-24)23-18(26)14-6-5-13(20)10-15(14)21/h5-6,10,12,16H,3-4,7-9,11H2,1-2H3,(H,22,27)(H,23,26). The molecule has 1 aliphatic rings. The van der Waals surface area contributed by atoms with Crippen molar-refractivity contribution in [3.05, 3.63) is 33.8 Å². The smallest absolute Gasteiger partial charge is 0.253 e. The fourth-order valence-corrected chi connectivity index (χ4v) is 3.47. The number of likely N-dealkylation sites (tertiary alicyclic amines) is 1. The van der Waals surface area contributed by atoms with E-state index in [0.29, 0.717) is 11.4 Å². The van der Waals surface area contributed by atoms with E-state index in [1.807, 2.05) is 13.8 Å². The van der Waals surface area contributed by atoms with E-state index in [1.165, 1.54) is 12.1 Å². The summed E-state index contributed by atoms with van der Waals surface area (Å²) < 4.78 is 0. The Morgan fingerprint density at radius 2 is 1.81 bits per heavy atom. The Balaban J connectivity index is 1.99. The molecule has 148 valence electrons. The van der Waals surface area contributed by atoms with Crippen molar-refractivity contribution >= 4 is 40.9 Å². The minimum atomic E-state index is -0.754. The summed E-state index contributed by atoms with van der Waals surface area (Å²) in [4.78, 5) is 38.9. The maximum Gasteiger partial charge on any atom is 0.253 e. The quantitative estimate of drug-likeness (QED) is 0.720. The van der Waals surface area contributed by atoms with Crippen LogP contribution in [0.3, 0.4) is 0 Å². The number of amides is 3. The monoisotopic (exact) mass is 413 g/mol. The van der Waals surface area contributed by atoms with Crippen LogP contribution in [0.15, 0.2) is 18.2 Å². The number of benzene rings is 1. The van der Waals surface area contributed by atoms with Crippen LogP contribution in [0.25, 0.3) is 0 Å². The molecule has 1 atom stereocenters. The largest absolute Gasteiger partial charge is 0.345 e. The van der Waals surface area contributed by atoms with Gasteiger partial charge in [0.1, 0.15) is 6.04 Å². The molecule has 0 spiro atoms. The molecule has 1 fully saturated rings. The van der Waals surface area contributed by atoms with Crippen molar-refractivity contribution in [2.24, 2.45) is 5.92 Å². The first-order valence-electron chi connectivity index (χ1n) is 9.09. The van der Waals surface area contributed by atoms with Gasteiger partial charge in [0, 0.05) is 18.1 Å². The van der Waals surface area contributed by atoms with Crippen molar-refractivity contribution in [1.29, 1.82) is 0 Å². The van der Waals surface area contributed by atoms with Crippen molar-refractivity contribution in [3.63, 3.8) is 0 Å². The van der Waals surface area contributed by atoms with Crippen LogP contribution in [0.1, 0.15) is 43.5 Å². The third-order valence-electron chi connectivity index (χ3n) is 4.38. The minimum absolute atomic E-state index is 0.0645. The minimum Gasteiger partial charge on any atom is -0.345 e. The van der Waals surface area contributed by atoms with Crippen LogP contribution in [-0.2, 0) is 9.59 Å². The Hall–Kier alpha value is -1.79. The highest BCUT2D eigenvalue weighted by Gasteiger charge is 2.25. The van der Waals surface area contributed by atoms with Gasteiger partial charge in [-0.05, 0) is 43.4 Å². The van der Waals surface area contributed by atoms with Gasteiger partial charge in [-0.2, -0.15) is 0 Å². The summed E-state index contributed by atoms with van der Waals surface area (Å²) in [5.74, 6) is -0.759. The van der Waals surface area contributed by atoms with Gasteiger partial charge in [0.05, 0.1) is 17.1 Å². The van der Waals surface area contributed by atoms with Crippen molar-refractivity contribution in [1.82, 2.24) is 15.5 Å². The molecule has 0 aromatic heterocycles. The van der Waals surface area contributed by atoms with Gasteiger partial charge in [-0.15, -0.1) is 0 Å². The number of nitrogens with one attached hydrogen (secondary N) is 2. The predicted molar refractivity (Wildman–Crippen MR) is 106 cm³/mol. The molecule has 2 N–H and O–H groups in total. The highest BCUT2D eigenvalue weighted by atomic mass is 35.5. The first-order valence-corrected chi connectivity index (χ1v) is 9.85. The average molecular weight is 414 g/mol. The van der Waals surface area contributed by atoms with E-state index >= 15 is 0 Å². The first kappa shape index (κ1) is 21.5. The number of nitrogens with zero attached hydrogens (tertiary/aromatic N) is 1. The van der Waals surface area contributed by atoms with Gasteiger partial charge in [-0.1, -0.05) is 37.0 Å². The van der Waals surface area contributed by atoms with Crippen molar-refractivity contribution in [2.75, 3.05) is 19.6 Å². The van der Waals surface area contributed by atoms with Crippen LogP contribution in [0.5, 0.6) is 0 Å². The molecule has 2 rings (SSSR count). The number of hydrogen-bond acceptors (Lipinski definition) is 3. The zero-order valence-electron chi connectivity index (χ0n) is 15.6. The molecular weight excluding hydrogens is 389 g/mol. The Morgan fingerprint density at radius 1 is 1.15 bits per heavy atom. The Morgan fingerprint density at radius 3 is 2.41 bits per heavy atom. The number of carbonyl (C=O) groups excluding carboxylic acids is 3. The van der Waals surface area contributed by atoms with Gasteiger partial charge in [0.25, 0.3) is 5.91 Å². The highest BCUT2D eigenvalue weighted by molar-refractivity contribution is 6.36. The van der Waals surface area contributed by atoms with Crippen LogP contribution in [0.4, 0.5) is 0 Å². The highest BCUT2D eigenvalue weighted by Crippen LogP contribution is 2.21. The second kappa shape index (κ2) is 9.95. The maximum atomic E-state index is 12.6. The Kier molecular flexibility index (Phi) is 7.92. The summed E-state index contributed by atoms with van der Waals surface area (Å²) in [6.45, 7) is 5.31. The van der Waals surface area contributed by atoms with Crippen LogP contribution >= 0.6 is 23.2 Å². The van der Waals surface area contributed by atoms with Crippen LogP contribution in [0, 0.1) is 5.92 Å². The molecule has 6 nitrogen and oxygen atoms in total. The topological polar surface area (TPSA) is 78.5 Å². The molecule has 1 saturated heterocycles. The van der Waals surface area contributed by atoms with Gasteiger partial charge in [-0.25, -0.2) is 0 Å². The van der Waals surface area contributed by atoms with E-state index in [1.54, 1.807) is 11.0 Å². The van der Waals surface area contributed by atoms with Gasteiger partial charge < -0.3 is 15.5 Å². The molecule has 0 bridgehead atoms. The molecule has 1 unspecified atom stereocenters. The summed E-state index contributed by atoms with van der Waals surface area (Å²) in [6, 6.07) is 3.80. The fourth-order valence-electron chi connectivity index (χ4n) is 2.98. The summed E-state index contributed by atoms with van der Waals surface area (Å²) in [6.07, 6.45) is 2.43. The third kappa shape index (κ3) is 6.40. The number of hydrogen-bond donors (Lipinski definition) is 2. The lowest BCUT2D eigenvalue weighted by Gasteiger charge is -2.21. The summed E-state index contributed by atoms with van der Waals surface area (Å²) in [5, 5.41) is 6.00. The SMILES string of the molecule is CC(C)CC(NC(=O)c1ccc(Cl)cc1Cl)C(=O)NCC(=O)N1CCCC1. The molecule has 3 amide bonds. The van der Waals surface area contributed by atoms with E-state index in [2.05, 4.69) is 10.6 Å². The zero-order valence-corrected chi connectivity index (χ0v) is 17.1. The second-order valence-electron chi connectivity index (χ2n) is 7.09. The van der Waals surface area contributed by atoms with Gasteiger partial charge in [-0.3, -0.25) is 14.4 Å². The molecule has 0 radical (unpaired) electrons. The van der Waals surface area contributed by atoms with E-state index in [9.17, 15) is 14.4 Å². The summed E-state index contributed by atoms with van der Waals surface area (Å²) in [7, 11) is 0. The van der Waals surface area contributed by atoms with Gasteiger partial charge in [0.15, 0.2) is 0 Å². The molecule has 1 aromatic rings. The molecular formula is C19H25Cl2N3O3. The van der Waals surface area contributed by atoms with Crippen molar-refractivity contribution < 1.29 is 14.4 Å². The average Bonchev–Trinajstić information content (AvgIpc) is 3.12. The van der Waals surface area contributed by atoms with Crippen LogP contribution < -0.4 is 10.6 Å².